The second-order valence-corrected chi connectivity index (χ2v) is 10.5. The van der Waals surface area contributed by atoms with E-state index in [-0.39, 0.29) is 23.4 Å². The number of alkyl halides is 3. The van der Waals surface area contributed by atoms with E-state index in [1.54, 1.807) is 4.90 Å². The third-order valence-electron chi connectivity index (χ3n) is 7.65. The quantitative estimate of drug-likeness (QED) is 0.562. The molecule has 0 bridgehead atoms. The van der Waals surface area contributed by atoms with Gasteiger partial charge in [-0.3, -0.25) is 14.6 Å². The number of likely N-dealkylation sites (tertiary alicyclic amines) is 1. The van der Waals surface area contributed by atoms with E-state index < -0.39 is 17.6 Å². The molecule has 0 spiro atoms. The Bertz CT molecular complexity index is 1090. The minimum Gasteiger partial charge on any atom is -0.368 e. The lowest BCUT2D eigenvalue weighted by atomic mass is 9.87. The van der Waals surface area contributed by atoms with Crippen molar-refractivity contribution in [2.75, 3.05) is 44.2 Å². The number of primary amides is 1. The van der Waals surface area contributed by atoms with Crippen molar-refractivity contribution in [2.24, 2.45) is 5.73 Å². The van der Waals surface area contributed by atoms with Crippen molar-refractivity contribution in [1.82, 2.24) is 19.8 Å². The van der Waals surface area contributed by atoms with Crippen LogP contribution in [0.15, 0.2) is 24.5 Å². The van der Waals surface area contributed by atoms with E-state index in [1.165, 1.54) is 12.4 Å². The maximum Gasteiger partial charge on any atom is 0.416 e. The van der Waals surface area contributed by atoms with E-state index in [0.717, 1.165) is 57.5 Å². The molecule has 1 saturated carbocycles. The van der Waals surface area contributed by atoms with Crippen LogP contribution >= 0.6 is 12.6 Å². The zero-order valence-electron chi connectivity index (χ0n) is 19.9. The molecule has 0 radical (unpaired) electrons. The van der Waals surface area contributed by atoms with E-state index in [4.69, 9.17) is 10.5 Å². The van der Waals surface area contributed by atoms with Crippen LogP contribution in [0.4, 0.5) is 19.0 Å². The number of nitrogens with two attached hydrogens (primary N) is 1. The molecule has 8 nitrogen and oxygen atoms in total. The van der Waals surface area contributed by atoms with Crippen LogP contribution in [0.2, 0.25) is 0 Å². The van der Waals surface area contributed by atoms with Crippen molar-refractivity contribution in [3.63, 3.8) is 0 Å². The summed E-state index contributed by atoms with van der Waals surface area (Å²) in [6.07, 6.45) is 1.25. The number of morpholine rings is 1. The first-order valence-corrected chi connectivity index (χ1v) is 12.9. The smallest absolute Gasteiger partial charge is 0.368 e. The summed E-state index contributed by atoms with van der Waals surface area (Å²) in [7, 11) is 0. The minimum absolute atomic E-state index is 0.0195. The fourth-order valence-corrected chi connectivity index (χ4v) is 6.06. The van der Waals surface area contributed by atoms with Crippen LogP contribution in [0, 0.1) is 0 Å². The number of aromatic nitrogens is 2. The molecule has 2 aliphatic heterocycles. The van der Waals surface area contributed by atoms with Gasteiger partial charge in [0.1, 0.15) is 17.6 Å². The summed E-state index contributed by atoms with van der Waals surface area (Å²) >= 11 is 4.46. The maximum absolute atomic E-state index is 13.4. The van der Waals surface area contributed by atoms with Gasteiger partial charge in [-0.25, -0.2) is 9.97 Å². The lowest BCUT2D eigenvalue weighted by Crippen LogP contribution is -2.64. The molecule has 1 atom stereocenters. The third-order valence-corrected chi connectivity index (χ3v) is 7.96. The number of thiol groups is 1. The number of hydrogen-bond donors (Lipinski definition) is 2. The van der Waals surface area contributed by atoms with Crippen LogP contribution in [0.25, 0.3) is 10.9 Å². The summed E-state index contributed by atoms with van der Waals surface area (Å²) in [6, 6.07) is 4.34. The molecule has 3 fully saturated rings. The van der Waals surface area contributed by atoms with Crippen molar-refractivity contribution < 1.29 is 22.7 Å². The molecule has 1 amide bonds. The van der Waals surface area contributed by atoms with Gasteiger partial charge in [0.2, 0.25) is 5.91 Å². The van der Waals surface area contributed by atoms with Gasteiger partial charge in [0.25, 0.3) is 0 Å². The fourth-order valence-electron chi connectivity index (χ4n) is 5.75. The van der Waals surface area contributed by atoms with Crippen molar-refractivity contribution in [2.45, 2.75) is 55.4 Å². The van der Waals surface area contributed by atoms with E-state index in [1.807, 2.05) is 0 Å². The lowest BCUT2D eigenvalue weighted by Gasteiger charge is -2.51. The molecule has 36 heavy (non-hydrogen) atoms. The summed E-state index contributed by atoms with van der Waals surface area (Å²) < 4.78 is 45.7. The number of nitrogens with zero attached hydrogens (tertiary/aromatic N) is 5. The second kappa shape index (κ2) is 10.3. The molecule has 3 aliphatic rings. The second-order valence-electron chi connectivity index (χ2n) is 9.91. The van der Waals surface area contributed by atoms with Gasteiger partial charge < -0.3 is 15.4 Å². The Kier molecular flexibility index (Phi) is 7.30. The summed E-state index contributed by atoms with van der Waals surface area (Å²) in [5.74, 6) is -0.243. The summed E-state index contributed by atoms with van der Waals surface area (Å²) in [5, 5.41) is 0.264. The van der Waals surface area contributed by atoms with Gasteiger partial charge in [0, 0.05) is 43.6 Å². The molecule has 2 aromatic rings. The highest BCUT2D eigenvalue weighted by Crippen LogP contribution is 2.36. The maximum atomic E-state index is 13.4. The molecule has 196 valence electrons. The largest absolute Gasteiger partial charge is 0.416 e. The van der Waals surface area contributed by atoms with Gasteiger partial charge in [0.15, 0.2) is 0 Å². The summed E-state index contributed by atoms with van der Waals surface area (Å²) in [4.78, 5) is 27.0. The Morgan fingerprint density at radius 2 is 1.81 bits per heavy atom. The monoisotopic (exact) mass is 524 g/mol. The molecular formula is C24H31F3N6O2S. The minimum atomic E-state index is -4.49. The Morgan fingerprint density at radius 1 is 1.11 bits per heavy atom. The van der Waals surface area contributed by atoms with Crippen molar-refractivity contribution >= 4 is 35.3 Å². The van der Waals surface area contributed by atoms with Crippen LogP contribution in [-0.2, 0) is 15.7 Å². The molecule has 2 N–H and O–H groups in total. The molecule has 5 rings (SSSR count). The van der Waals surface area contributed by atoms with Gasteiger partial charge in [-0.15, -0.1) is 12.6 Å². The molecule has 1 aromatic heterocycles. The molecule has 12 heteroatoms. The van der Waals surface area contributed by atoms with E-state index in [0.29, 0.717) is 36.5 Å². The number of hydrogen-bond acceptors (Lipinski definition) is 8. The molecular weight excluding hydrogens is 493 g/mol. The standard InChI is InChI=1S/C24H31F3N6O2S/c25-24(26,27)15-1-6-20-19(9-15)23(30-14-29-20)33(12-21(28)34)18-10-32(11-18)17-4-2-16(3-5-17)31-7-8-35-22(36)13-31/h1,6,9,14,16-18,22,36H,2-5,7-8,10-13H2,(H2,28,34). The normalized spacial score (nSPS) is 26.6. The van der Waals surface area contributed by atoms with Crippen LogP contribution in [0.3, 0.4) is 0 Å². The highest BCUT2D eigenvalue weighted by Gasteiger charge is 2.40. The predicted octanol–water partition coefficient (Wildman–Crippen LogP) is 2.52. The first kappa shape index (κ1) is 25.5. The Balaban J connectivity index is 1.27. The van der Waals surface area contributed by atoms with Gasteiger partial charge in [0.05, 0.1) is 30.3 Å². The number of rotatable bonds is 6. The average molecular weight is 525 g/mol. The fraction of sp³-hybridized carbons (Fsp3) is 0.625. The number of ether oxygens (including phenoxy) is 1. The van der Waals surface area contributed by atoms with Crippen LogP contribution in [0.1, 0.15) is 31.2 Å². The molecule has 1 unspecified atom stereocenters. The molecule has 1 aromatic carbocycles. The number of carbonyl (C=O) groups excluding carboxylic acids is 1. The van der Waals surface area contributed by atoms with Gasteiger partial charge in [-0.1, -0.05) is 0 Å². The summed E-state index contributed by atoms with van der Waals surface area (Å²) in [5.41, 5.74) is 5.12. The first-order valence-electron chi connectivity index (χ1n) is 12.3. The molecule has 2 saturated heterocycles. The van der Waals surface area contributed by atoms with Crippen molar-refractivity contribution in [3.8, 4) is 0 Å². The highest BCUT2D eigenvalue weighted by molar-refractivity contribution is 7.80. The number of halogens is 3. The van der Waals surface area contributed by atoms with Crippen LogP contribution in [0.5, 0.6) is 0 Å². The SMILES string of the molecule is NC(=O)CN(c1ncnc2ccc(C(F)(F)F)cc12)C1CN(C2CCC(N3CCOC(S)C3)CC2)C1. The van der Waals surface area contributed by atoms with Gasteiger partial charge in [-0.2, -0.15) is 13.2 Å². The van der Waals surface area contributed by atoms with E-state index in [9.17, 15) is 18.0 Å². The zero-order valence-corrected chi connectivity index (χ0v) is 20.8. The van der Waals surface area contributed by atoms with E-state index >= 15 is 0 Å². The number of amides is 1. The average Bonchev–Trinajstić information content (AvgIpc) is 2.81. The number of anilines is 1. The number of carbonyl (C=O) groups is 1. The number of fused-ring (bicyclic) bond motifs is 1. The first-order chi connectivity index (χ1) is 17.2. The Morgan fingerprint density at radius 3 is 2.44 bits per heavy atom. The third kappa shape index (κ3) is 5.41. The highest BCUT2D eigenvalue weighted by atomic mass is 32.1. The lowest BCUT2D eigenvalue weighted by molar-refractivity contribution is -0.137. The Labute approximate surface area is 213 Å². The number of benzene rings is 1. The topological polar surface area (TPSA) is 87.8 Å². The van der Waals surface area contributed by atoms with Crippen LogP contribution < -0.4 is 10.6 Å². The van der Waals surface area contributed by atoms with Crippen molar-refractivity contribution in [1.29, 1.82) is 0 Å². The zero-order chi connectivity index (χ0) is 25.4. The van der Waals surface area contributed by atoms with Gasteiger partial charge >= 0.3 is 6.18 Å². The molecule has 3 heterocycles. The van der Waals surface area contributed by atoms with Crippen molar-refractivity contribution in [3.05, 3.63) is 30.1 Å². The summed E-state index contributed by atoms with van der Waals surface area (Å²) in [6.45, 7) is 3.83. The molecule has 1 aliphatic carbocycles. The Hall–Kier alpha value is -2.15. The predicted molar refractivity (Wildman–Crippen MR) is 133 cm³/mol. The van der Waals surface area contributed by atoms with E-state index in [2.05, 4.69) is 32.4 Å². The van der Waals surface area contributed by atoms with Crippen LogP contribution in [-0.4, -0.2) is 88.6 Å². The van der Waals surface area contributed by atoms with Gasteiger partial charge in [-0.05, 0) is 43.9 Å².